The molecule has 0 saturated heterocycles. The van der Waals surface area contributed by atoms with Crippen LogP contribution in [0.3, 0.4) is 0 Å². The van der Waals surface area contributed by atoms with E-state index in [4.69, 9.17) is 20.9 Å². The van der Waals surface area contributed by atoms with E-state index in [2.05, 4.69) is 96.7 Å². The van der Waals surface area contributed by atoms with Crippen molar-refractivity contribution < 1.29 is 9.47 Å². The summed E-state index contributed by atoms with van der Waals surface area (Å²) in [5, 5.41) is 0. The summed E-state index contributed by atoms with van der Waals surface area (Å²) in [5.41, 5.74) is 21.1. The first-order chi connectivity index (χ1) is 22.4. The smallest absolute Gasteiger partial charge is 0.119 e. The van der Waals surface area contributed by atoms with E-state index < -0.39 is 0 Å². The van der Waals surface area contributed by atoms with E-state index in [0.717, 1.165) is 59.9 Å². The molecule has 0 radical (unpaired) electrons. The topological polar surface area (TPSA) is 77.0 Å². The van der Waals surface area contributed by atoms with E-state index in [0.29, 0.717) is 26.3 Å². The Bertz CT molecular complexity index is 1510. The predicted octanol–water partition coefficient (Wildman–Crippen LogP) is 7.03. The maximum absolute atomic E-state index is 5.99. The van der Waals surface area contributed by atoms with Crippen molar-refractivity contribution in [3.8, 4) is 11.5 Å². The van der Waals surface area contributed by atoms with Crippen molar-refractivity contribution in [2.45, 2.75) is 52.5 Å². The molecule has 0 bridgehead atoms. The number of hydrogen-bond donors (Lipinski definition) is 2. The number of hydrogen-bond acceptors (Lipinski definition) is 6. The van der Waals surface area contributed by atoms with Crippen LogP contribution in [-0.4, -0.2) is 23.9 Å². The third kappa shape index (κ3) is 10.3. The molecule has 6 heteroatoms. The van der Waals surface area contributed by atoms with Gasteiger partial charge in [-0.1, -0.05) is 97.1 Å². The van der Waals surface area contributed by atoms with Gasteiger partial charge in [-0.05, 0) is 82.9 Å². The fourth-order valence-electron chi connectivity index (χ4n) is 5.52. The summed E-state index contributed by atoms with van der Waals surface area (Å²) < 4.78 is 12.0. The quantitative estimate of drug-likeness (QED) is 0.124. The number of nitrogens with zero attached hydrogens (tertiary/aromatic N) is 2. The van der Waals surface area contributed by atoms with Crippen LogP contribution in [0.5, 0.6) is 11.5 Å². The second-order valence-electron chi connectivity index (χ2n) is 12.1. The minimum absolute atomic E-state index is 0.539. The van der Waals surface area contributed by atoms with E-state index in [-0.39, 0.29) is 0 Å². The van der Waals surface area contributed by atoms with Crippen molar-refractivity contribution in [3.05, 3.63) is 166 Å². The SMILES string of the molecule is CN(Cc1ccc(CN(C)Cc2cccc(COc3ccc(CN)cc3)c2)cc1)Cc1cccc(COc2ccc(CN)cc2)c1. The Labute approximate surface area is 274 Å². The van der Waals surface area contributed by atoms with Gasteiger partial charge >= 0.3 is 0 Å². The molecule has 0 fully saturated rings. The predicted molar refractivity (Wildman–Crippen MR) is 187 cm³/mol. The molecule has 4 N–H and O–H groups in total. The summed E-state index contributed by atoms with van der Waals surface area (Å²) in [6.07, 6.45) is 0. The number of rotatable bonds is 16. The lowest BCUT2D eigenvalue weighted by Crippen LogP contribution is -2.18. The molecule has 0 atom stereocenters. The summed E-state index contributed by atoms with van der Waals surface area (Å²) >= 11 is 0. The third-order valence-electron chi connectivity index (χ3n) is 7.94. The van der Waals surface area contributed by atoms with Crippen LogP contribution in [0.2, 0.25) is 0 Å². The van der Waals surface area contributed by atoms with Crippen LogP contribution < -0.4 is 20.9 Å². The van der Waals surface area contributed by atoms with Gasteiger partial charge in [-0.3, -0.25) is 9.80 Å². The average Bonchev–Trinajstić information content (AvgIpc) is 3.08. The normalized spacial score (nSPS) is 11.3. The maximum Gasteiger partial charge on any atom is 0.119 e. The fourth-order valence-corrected chi connectivity index (χ4v) is 5.52. The molecule has 0 aromatic heterocycles. The number of benzene rings is 5. The molecule has 0 unspecified atom stereocenters. The standard InChI is InChI=1S/C40H46N4O2/c1-43(27-35-5-3-7-37(21-35)29-45-39-17-13-31(23-41)14-18-39)25-33-9-11-34(12-10-33)26-44(2)28-36-6-4-8-38(22-36)30-46-40-19-15-32(24-42)16-20-40/h3-22H,23-30,41-42H2,1-2H3. The van der Waals surface area contributed by atoms with Crippen molar-refractivity contribution in [3.63, 3.8) is 0 Å². The van der Waals surface area contributed by atoms with Gasteiger partial charge < -0.3 is 20.9 Å². The molecule has 238 valence electrons. The van der Waals surface area contributed by atoms with Gasteiger partial charge in [0.25, 0.3) is 0 Å². The Morgan fingerprint density at radius 2 is 0.739 bits per heavy atom. The van der Waals surface area contributed by atoms with E-state index in [1.54, 1.807) is 0 Å². The summed E-state index contributed by atoms with van der Waals surface area (Å²) in [4.78, 5) is 4.69. The maximum atomic E-state index is 5.99. The van der Waals surface area contributed by atoms with Crippen LogP contribution in [0.15, 0.2) is 121 Å². The van der Waals surface area contributed by atoms with E-state index in [1.807, 2.05) is 48.5 Å². The van der Waals surface area contributed by atoms with E-state index in [9.17, 15) is 0 Å². The fraction of sp³-hybridized carbons (Fsp3) is 0.250. The lowest BCUT2D eigenvalue weighted by Gasteiger charge is -2.19. The summed E-state index contributed by atoms with van der Waals surface area (Å²) in [5.74, 6) is 1.71. The Kier molecular flexibility index (Phi) is 12.0. The molecule has 0 amide bonds. The van der Waals surface area contributed by atoms with Crippen LogP contribution in [0.4, 0.5) is 0 Å². The molecule has 5 aromatic rings. The average molecular weight is 615 g/mol. The first-order valence-corrected chi connectivity index (χ1v) is 15.9. The Morgan fingerprint density at radius 1 is 0.413 bits per heavy atom. The summed E-state index contributed by atoms with van der Waals surface area (Å²) in [7, 11) is 4.33. The van der Waals surface area contributed by atoms with Crippen molar-refractivity contribution in [2.24, 2.45) is 11.5 Å². The zero-order valence-electron chi connectivity index (χ0n) is 27.1. The summed E-state index contributed by atoms with van der Waals surface area (Å²) in [6, 6.07) is 42.2. The second kappa shape index (κ2) is 16.7. The van der Waals surface area contributed by atoms with E-state index >= 15 is 0 Å². The zero-order valence-corrected chi connectivity index (χ0v) is 27.1. The van der Waals surface area contributed by atoms with Gasteiger partial charge in [0.2, 0.25) is 0 Å². The highest BCUT2D eigenvalue weighted by Crippen LogP contribution is 2.18. The van der Waals surface area contributed by atoms with Gasteiger partial charge in [0, 0.05) is 39.3 Å². The molecule has 0 heterocycles. The third-order valence-corrected chi connectivity index (χ3v) is 7.94. The number of nitrogens with two attached hydrogens (primary N) is 2. The van der Waals surface area contributed by atoms with Crippen LogP contribution in [0.1, 0.15) is 44.5 Å². The van der Waals surface area contributed by atoms with Gasteiger partial charge in [-0.2, -0.15) is 0 Å². The highest BCUT2D eigenvalue weighted by atomic mass is 16.5. The highest BCUT2D eigenvalue weighted by Gasteiger charge is 2.07. The lowest BCUT2D eigenvalue weighted by molar-refractivity contribution is 0.303. The highest BCUT2D eigenvalue weighted by molar-refractivity contribution is 5.30. The Hall–Kier alpha value is -4.46. The monoisotopic (exact) mass is 614 g/mol. The van der Waals surface area contributed by atoms with Crippen LogP contribution in [0.25, 0.3) is 0 Å². The van der Waals surface area contributed by atoms with Gasteiger partial charge in [0.05, 0.1) is 0 Å². The molecule has 0 aliphatic rings. The first kappa shape index (κ1) is 32.9. The van der Waals surface area contributed by atoms with Crippen LogP contribution in [0, 0.1) is 0 Å². The minimum Gasteiger partial charge on any atom is -0.489 e. The molecule has 0 aliphatic carbocycles. The molecule has 0 saturated carbocycles. The first-order valence-electron chi connectivity index (χ1n) is 15.9. The van der Waals surface area contributed by atoms with Crippen LogP contribution in [-0.2, 0) is 52.5 Å². The molecule has 5 rings (SSSR count). The molecular weight excluding hydrogens is 568 g/mol. The molecule has 5 aromatic carbocycles. The second-order valence-corrected chi connectivity index (χ2v) is 12.1. The lowest BCUT2D eigenvalue weighted by atomic mass is 10.1. The van der Waals surface area contributed by atoms with E-state index in [1.165, 1.54) is 22.3 Å². The van der Waals surface area contributed by atoms with Crippen LogP contribution >= 0.6 is 0 Å². The molecule has 0 spiro atoms. The molecule has 46 heavy (non-hydrogen) atoms. The van der Waals surface area contributed by atoms with Gasteiger partial charge in [0.1, 0.15) is 24.7 Å². The van der Waals surface area contributed by atoms with Gasteiger partial charge in [-0.25, -0.2) is 0 Å². The Morgan fingerprint density at radius 3 is 1.11 bits per heavy atom. The van der Waals surface area contributed by atoms with Gasteiger partial charge in [-0.15, -0.1) is 0 Å². The molecule has 6 nitrogen and oxygen atoms in total. The molecular formula is C40H46N4O2. The Balaban J connectivity index is 1.06. The largest absolute Gasteiger partial charge is 0.489 e. The minimum atomic E-state index is 0.539. The number of ether oxygens (including phenoxy) is 2. The van der Waals surface area contributed by atoms with Gasteiger partial charge in [0.15, 0.2) is 0 Å². The summed E-state index contributed by atoms with van der Waals surface area (Å²) in [6.45, 7) is 5.67. The van der Waals surface area contributed by atoms with Crippen molar-refractivity contribution in [1.82, 2.24) is 9.80 Å². The van der Waals surface area contributed by atoms with Crippen molar-refractivity contribution >= 4 is 0 Å². The zero-order chi connectivity index (χ0) is 32.1. The van der Waals surface area contributed by atoms with Crippen molar-refractivity contribution in [2.75, 3.05) is 14.1 Å². The molecule has 0 aliphatic heterocycles. The van der Waals surface area contributed by atoms with Crippen molar-refractivity contribution in [1.29, 1.82) is 0 Å².